The van der Waals surface area contributed by atoms with Crippen molar-refractivity contribution in [3.05, 3.63) is 30.1 Å². The Bertz CT molecular complexity index is 815. The van der Waals surface area contributed by atoms with Crippen molar-refractivity contribution in [2.75, 3.05) is 25.9 Å². The topological polar surface area (TPSA) is 101 Å². The Kier molecular flexibility index (Phi) is 5.61. The van der Waals surface area contributed by atoms with E-state index < -0.39 is 43.4 Å². The van der Waals surface area contributed by atoms with Gasteiger partial charge >= 0.3 is 0 Å². The van der Waals surface area contributed by atoms with Gasteiger partial charge in [-0.05, 0) is 31.0 Å². The number of piperidine rings is 1. The van der Waals surface area contributed by atoms with Gasteiger partial charge in [0.1, 0.15) is 15.7 Å². The van der Waals surface area contributed by atoms with Crippen LogP contribution in [0.3, 0.4) is 0 Å². The maximum absolute atomic E-state index is 13.1. The van der Waals surface area contributed by atoms with Crippen LogP contribution in [0.4, 0.5) is 4.39 Å². The van der Waals surface area contributed by atoms with Gasteiger partial charge in [0, 0.05) is 19.3 Å². The molecule has 0 saturated carbocycles. The SMILES string of the molecule is CS(=O)(=O)C1CCN(C(=O)CNS(=O)(=O)c2cccc(F)c2)CC1. The maximum Gasteiger partial charge on any atom is 0.241 e. The van der Waals surface area contributed by atoms with Gasteiger partial charge in [-0.25, -0.2) is 25.9 Å². The first-order valence-electron chi connectivity index (χ1n) is 7.31. The predicted molar refractivity (Wildman–Crippen MR) is 86.0 cm³/mol. The summed E-state index contributed by atoms with van der Waals surface area (Å²) in [6.45, 7) is 0.0684. The normalized spacial score (nSPS) is 17.0. The van der Waals surface area contributed by atoms with Gasteiger partial charge in [-0.3, -0.25) is 4.79 Å². The number of sulfone groups is 1. The van der Waals surface area contributed by atoms with Crippen LogP contribution >= 0.6 is 0 Å². The van der Waals surface area contributed by atoms with Crippen LogP contribution in [0.2, 0.25) is 0 Å². The third-order valence-corrected chi connectivity index (χ3v) is 7.00. The number of halogens is 1. The Morgan fingerprint density at radius 1 is 1.25 bits per heavy atom. The smallest absolute Gasteiger partial charge is 0.241 e. The molecule has 1 amide bonds. The lowest BCUT2D eigenvalue weighted by molar-refractivity contribution is -0.130. The second-order valence-electron chi connectivity index (χ2n) is 5.69. The molecule has 1 N–H and O–H groups in total. The van der Waals surface area contributed by atoms with Gasteiger partial charge in [0.15, 0.2) is 0 Å². The quantitative estimate of drug-likeness (QED) is 0.785. The number of hydrogen-bond acceptors (Lipinski definition) is 5. The number of likely N-dealkylation sites (tertiary alicyclic amines) is 1. The largest absolute Gasteiger partial charge is 0.341 e. The van der Waals surface area contributed by atoms with Crippen LogP contribution < -0.4 is 4.72 Å². The minimum Gasteiger partial charge on any atom is -0.341 e. The molecule has 0 radical (unpaired) electrons. The van der Waals surface area contributed by atoms with E-state index in [1.54, 1.807) is 0 Å². The number of sulfonamides is 1. The first-order chi connectivity index (χ1) is 11.1. The molecule has 1 fully saturated rings. The fourth-order valence-corrected chi connectivity index (χ4v) is 4.59. The van der Waals surface area contributed by atoms with E-state index in [0.717, 1.165) is 12.1 Å². The maximum atomic E-state index is 13.1. The fraction of sp³-hybridized carbons (Fsp3) is 0.500. The highest BCUT2D eigenvalue weighted by Crippen LogP contribution is 2.17. The number of nitrogens with zero attached hydrogens (tertiary/aromatic N) is 1. The highest BCUT2D eigenvalue weighted by molar-refractivity contribution is 7.91. The molecular formula is C14H19FN2O5S2. The number of nitrogens with one attached hydrogen (secondary N) is 1. The summed E-state index contributed by atoms with van der Waals surface area (Å²) < 4.78 is 62.3. The van der Waals surface area contributed by atoms with E-state index in [1.807, 2.05) is 0 Å². The van der Waals surface area contributed by atoms with E-state index in [4.69, 9.17) is 0 Å². The van der Waals surface area contributed by atoms with Gasteiger partial charge in [-0.2, -0.15) is 0 Å². The molecule has 1 heterocycles. The van der Waals surface area contributed by atoms with Crippen LogP contribution in [0.25, 0.3) is 0 Å². The molecule has 10 heteroatoms. The Hall–Kier alpha value is -1.52. The van der Waals surface area contributed by atoms with Crippen molar-refractivity contribution >= 4 is 25.8 Å². The van der Waals surface area contributed by atoms with Crippen molar-refractivity contribution in [3.63, 3.8) is 0 Å². The first-order valence-corrected chi connectivity index (χ1v) is 10.8. The summed E-state index contributed by atoms with van der Waals surface area (Å²) in [7, 11) is -7.12. The number of rotatable bonds is 5. The van der Waals surface area contributed by atoms with Crippen molar-refractivity contribution in [1.29, 1.82) is 0 Å². The van der Waals surface area contributed by atoms with Crippen LogP contribution in [-0.4, -0.2) is 58.8 Å². The van der Waals surface area contributed by atoms with Crippen LogP contribution in [0.15, 0.2) is 29.2 Å². The van der Waals surface area contributed by atoms with E-state index >= 15 is 0 Å². The van der Waals surface area contributed by atoms with Gasteiger partial charge in [-0.1, -0.05) is 6.07 Å². The van der Waals surface area contributed by atoms with Crippen molar-refractivity contribution in [2.45, 2.75) is 23.0 Å². The minimum atomic E-state index is -3.98. The van der Waals surface area contributed by atoms with Crippen LogP contribution in [0.1, 0.15) is 12.8 Å². The minimum absolute atomic E-state index is 0.258. The van der Waals surface area contributed by atoms with E-state index in [-0.39, 0.29) is 18.0 Å². The zero-order valence-corrected chi connectivity index (χ0v) is 14.7. The average molecular weight is 378 g/mol. The number of benzene rings is 1. The zero-order chi connectivity index (χ0) is 18.0. The van der Waals surface area contributed by atoms with Crippen molar-refractivity contribution in [1.82, 2.24) is 9.62 Å². The second kappa shape index (κ2) is 7.16. The molecule has 0 unspecified atom stereocenters. The summed E-state index contributed by atoms with van der Waals surface area (Å²) in [6, 6.07) is 4.48. The van der Waals surface area contributed by atoms with Crippen LogP contribution in [-0.2, 0) is 24.7 Å². The highest BCUT2D eigenvalue weighted by Gasteiger charge is 2.29. The summed E-state index contributed by atoms with van der Waals surface area (Å²) in [5, 5.41) is -0.467. The molecular weight excluding hydrogens is 359 g/mol. The molecule has 1 aromatic carbocycles. The monoisotopic (exact) mass is 378 g/mol. The first kappa shape index (κ1) is 18.8. The predicted octanol–water partition coefficient (Wildman–Crippen LogP) is 0.140. The van der Waals surface area contributed by atoms with E-state index in [1.165, 1.54) is 23.3 Å². The van der Waals surface area contributed by atoms with Gasteiger partial charge in [0.25, 0.3) is 0 Å². The van der Waals surface area contributed by atoms with Crippen molar-refractivity contribution in [3.8, 4) is 0 Å². The molecule has 0 bridgehead atoms. The van der Waals surface area contributed by atoms with Crippen LogP contribution in [0, 0.1) is 5.82 Å². The van der Waals surface area contributed by atoms with Gasteiger partial charge in [0.2, 0.25) is 15.9 Å². The van der Waals surface area contributed by atoms with E-state index in [0.29, 0.717) is 12.8 Å². The van der Waals surface area contributed by atoms with Gasteiger partial charge in [-0.15, -0.1) is 0 Å². The molecule has 0 aliphatic carbocycles. The number of hydrogen-bond donors (Lipinski definition) is 1. The zero-order valence-electron chi connectivity index (χ0n) is 13.1. The highest BCUT2D eigenvalue weighted by atomic mass is 32.2. The lowest BCUT2D eigenvalue weighted by atomic mass is 10.1. The summed E-state index contributed by atoms with van der Waals surface area (Å²) in [5.41, 5.74) is 0. The lowest BCUT2D eigenvalue weighted by Gasteiger charge is -2.31. The summed E-state index contributed by atoms with van der Waals surface area (Å²) in [4.78, 5) is 13.2. The molecule has 1 aromatic rings. The molecule has 2 rings (SSSR count). The van der Waals surface area contributed by atoms with Crippen molar-refractivity contribution < 1.29 is 26.0 Å². The summed E-state index contributed by atoms with van der Waals surface area (Å²) in [6.07, 6.45) is 1.84. The number of amides is 1. The molecule has 134 valence electrons. The molecule has 0 aromatic heterocycles. The average Bonchev–Trinajstić information content (AvgIpc) is 2.52. The Labute approximate surface area is 140 Å². The third-order valence-electron chi connectivity index (χ3n) is 3.92. The Morgan fingerprint density at radius 3 is 2.42 bits per heavy atom. The van der Waals surface area contributed by atoms with E-state index in [2.05, 4.69) is 4.72 Å². The van der Waals surface area contributed by atoms with Crippen LogP contribution in [0.5, 0.6) is 0 Å². The number of carbonyl (C=O) groups excluding carboxylic acids is 1. The van der Waals surface area contributed by atoms with E-state index in [9.17, 15) is 26.0 Å². The summed E-state index contributed by atoms with van der Waals surface area (Å²) >= 11 is 0. The molecule has 7 nitrogen and oxygen atoms in total. The molecule has 1 aliphatic heterocycles. The van der Waals surface area contributed by atoms with Gasteiger partial charge < -0.3 is 4.90 Å². The molecule has 0 spiro atoms. The summed E-state index contributed by atoms with van der Waals surface area (Å²) in [5.74, 6) is -1.13. The fourth-order valence-electron chi connectivity index (χ4n) is 2.52. The Balaban J connectivity index is 1.92. The second-order valence-corrected chi connectivity index (χ2v) is 9.78. The number of carbonyl (C=O) groups is 1. The van der Waals surface area contributed by atoms with Crippen molar-refractivity contribution in [2.24, 2.45) is 0 Å². The molecule has 1 saturated heterocycles. The molecule has 24 heavy (non-hydrogen) atoms. The van der Waals surface area contributed by atoms with Gasteiger partial charge in [0.05, 0.1) is 16.7 Å². The Morgan fingerprint density at radius 2 is 1.88 bits per heavy atom. The lowest BCUT2D eigenvalue weighted by Crippen LogP contribution is -2.46. The molecule has 0 atom stereocenters. The molecule has 1 aliphatic rings. The third kappa shape index (κ3) is 4.74. The standard InChI is InChI=1S/C14H19FN2O5S2/c1-23(19,20)12-5-7-17(8-6-12)14(18)10-16-24(21,22)13-4-2-3-11(15)9-13/h2-4,9,12,16H,5-8,10H2,1H3.